The van der Waals surface area contributed by atoms with E-state index < -0.39 is 6.10 Å². The fraction of sp³-hybridized carbons (Fsp3) is 0.167. The Labute approximate surface area is 93.5 Å². The molecule has 2 rings (SSSR count). The monoisotopic (exact) mass is 221 g/mol. The minimum absolute atomic E-state index is 0.601. The van der Waals surface area contributed by atoms with E-state index in [9.17, 15) is 5.11 Å². The molecule has 0 aliphatic heterocycles. The summed E-state index contributed by atoms with van der Waals surface area (Å²) in [4.78, 5) is 2.91. The van der Waals surface area contributed by atoms with Gasteiger partial charge in [-0.25, -0.2) is 0 Å². The van der Waals surface area contributed by atoms with E-state index in [1.807, 2.05) is 31.2 Å². The molecule has 0 saturated carbocycles. The highest BCUT2D eigenvalue weighted by atomic mass is 35.5. The number of aliphatic hydroxyl groups excluding tert-OH is 1. The number of aryl methyl sites for hydroxylation is 1. The van der Waals surface area contributed by atoms with E-state index >= 15 is 0 Å². The van der Waals surface area contributed by atoms with Crippen LogP contribution in [0.15, 0.2) is 36.7 Å². The maximum absolute atomic E-state index is 10.0. The second-order valence-corrected chi connectivity index (χ2v) is 3.98. The summed E-state index contributed by atoms with van der Waals surface area (Å²) in [5.74, 6) is 0. The molecule has 0 amide bonds. The number of H-pyrrole nitrogens is 1. The molecule has 1 atom stereocenters. The van der Waals surface area contributed by atoms with Gasteiger partial charge in [0.05, 0.1) is 0 Å². The van der Waals surface area contributed by atoms with Gasteiger partial charge in [0.15, 0.2) is 0 Å². The van der Waals surface area contributed by atoms with Gasteiger partial charge in [0, 0.05) is 28.5 Å². The van der Waals surface area contributed by atoms with Crippen LogP contribution in [-0.2, 0) is 0 Å². The van der Waals surface area contributed by atoms with E-state index in [4.69, 9.17) is 11.6 Å². The molecule has 3 heteroatoms. The first kappa shape index (κ1) is 10.3. The Balaban J connectivity index is 2.38. The Bertz CT molecular complexity index is 451. The Morgan fingerprint density at radius 3 is 2.73 bits per heavy atom. The van der Waals surface area contributed by atoms with Crippen LogP contribution < -0.4 is 0 Å². The number of hydrogen-bond acceptors (Lipinski definition) is 1. The summed E-state index contributed by atoms with van der Waals surface area (Å²) in [7, 11) is 0. The molecule has 1 unspecified atom stereocenters. The number of halogens is 1. The van der Waals surface area contributed by atoms with Crippen molar-refractivity contribution in [1.29, 1.82) is 0 Å². The van der Waals surface area contributed by atoms with Gasteiger partial charge in [0.1, 0.15) is 6.10 Å². The first-order chi connectivity index (χ1) is 7.18. The topological polar surface area (TPSA) is 36.0 Å². The van der Waals surface area contributed by atoms with E-state index in [0.29, 0.717) is 5.02 Å². The van der Waals surface area contributed by atoms with Crippen LogP contribution >= 0.6 is 11.6 Å². The lowest BCUT2D eigenvalue weighted by molar-refractivity contribution is 0.220. The Morgan fingerprint density at radius 1 is 1.33 bits per heavy atom. The lowest BCUT2D eigenvalue weighted by atomic mass is 10.0. The van der Waals surface area contributed by atoms with Crippen LogP contribution in [0.5, 0.6) is 0 Å². The van der Waals surface area contributed by atoms with E-state index in [1.165, 1.54) is 0 Å². The SMILES string of the molecule is Cc1ccc(C(O)c2cc[nH]c2)c(Cl)c1. The highest BCUT2D eigenvalue weighted by Gasteiger charge is 2.13. The predicted octanol–water partition coefficient (Wildman–Crippen LogP) is 3.06. The second kappa shape index (κ2) is 4.09. The Kier molecular flexibility index (Phi) is 2.80. The van der Waals surface area contributed by atoms with Gasteiger partial charge >= 0.3 is 0 Å². The predicted molar refractivity (Wildman–Crippen MR) is 61.0 cm³/mol. The molecule has 1 aromatic heterocycles. The van der Waals surface area contributed by atoms with Crippen molar-refractivity contribution in [3.05, 3.63) is 58.4 Å². The van der Waals surface area contributed by atoms with Gasteiger partial charge in [-0.1, -0.05) is 23.7 Å². The molecule has 2 aromatic rings. The van der Waals surface area contributed by atoms with Crippen LogP contribution in [-0.4, -0.2) is 10.1 Å². The zero-order valence-electron chi connectivity index (χ0n) is 8.37. The van der Waals surface area contributed by atoms with Crippen molar-refractivity contribution < 1.29 is 5.11 Å². The van der Waals surface area contributed by atoms with Gasteiger partial charge in [-0.05, 0) is 24.6 Å². The second-order valence-electron chi connectivity index (χ2n) is 3.57. The lowest BCUT2D eigenvalue weighted by Gasteiger charge is -2.11. The molecule has 2 N–H and O–H groups in total. The standard InChI is InChI=1S/C12H12ClNO/c1-8-2-3-10(11(13)6-8)12(15)9-4-5-14-7-9/h2-7,12,14-15H,1H3. The summed E-state index contributed by atoms with van der Waals surface area (Å²) in [6, 6.07) is 7.49. The third-order valence-electron chi connectivity index (χ3n) is 2.39. The van der Waals surface area contributed by atoms with E-state index in [1.54, 1.807) is 12.4 Å². The first-order valence-corrected chi connectivity index (χ1v) is 5.13. The number of benzene rings is 1. The molecule has 0 radical (unpaired) electrons. The molecule has 0 aliphatic carbocycles. The average Bonchev–Trinajstić information content (AvgIpc) is 2.69. The van der Waals surface area contributed by atoms with Crippen LogP contribution in [0.1, 0.15) is 22.8 Å². The molecule has 2 nitrogen and oxygen atoms in total. The van der Waals surface area contributed by atoms with Crippen molar-refractivity contribution in [1.82, 2.24) is 4.98 Å². The molecule has 1 aromatic carbocycles. The molecule has 0 saturated heterocycles. The van der Waals surface area contributed by atoms with Crippen molar-refractivity contribution in [3.8, 4) is 0 Å². The molecule has 1 heterocycles. The highest BCUT2D eigenvalue weighted by Crippen LogP contribution is 2.28. The van der Waals surface area contributed by atoms with E-state index in [2.05, 4.69) is 4.98 Å². The number of aromatic amines is 1. The van der Waals surface area contributed by atoms with Crippen LogP contribution in [0.3, 0.4) is 0 Å². The minimum Gasteiger partial charge on any atom is -0.384 e. The molecule has 15 heavy (non-hydrogen) atoms. The van der Waals surface area contributed by atoms with E-state index in [0.717, 1.165) is 16.7 Å². The number of nitrogens with one attached hydrogen (secondary N) is 1. The molecule has 0 spiro atoms. The lowest BCUT2D eigenvalue weighted by Crippen LogP contribution is -1.99. The van der Waals surface area contributed by atoms with Crippen molar-refractivity contribution in [2.75, 3.05) is 0 Å². The fourth-order valence-corrected chi connectivity index (χ4v) is 1.88. The van der Waals surface area contributed by atoms with Crippen molar-refractivity contribution >= 4 is 11.6 Å². The first-order valence-electron chi connectivity index (χ1n) is 4.75. The maximum Gasteiger partial charge on any atom is 0.107 e. The average molecular weight is 222 g/mol. The van der Waals surface area contributed by atoms with Gasteiger partial charge in [0.2, 0.25) is 0 Å². The number of aromatic nitrogens is 1. The zero-order valence-corrected chi connectivity index (χ0v) is 9.12. The Hall–Kier alpha value is -1.25. The van der Waals surface area contributed by atoms with Gasteiger partial charge in [-0.3, -0.25) is 0 Å². The number of hydrogen-bond donors (Lipinski definition) is 2. The minimum atomic E-state index is -0.663. The van der Waals surface area contributed by atoms with Crippen LogP contribution in [0, 0.1) is 6.92 Å². The molecular formula is C12H12ClNO. The third-order valence-corrected chi connectivity index (χ3v) is 2.72. The van der Waals surface area contributed by atoms with Crippen LogP contribution in [0.4, 0.5) is 0 Å². The number of aliphatic hydroxyl groups is 1. The van der Waals surface area contributed by atoms with Gasteiger partial charge in [-0.2, -0.15) is 0 Å². The summed E-state index contributed by atoms with van der Waals surface area (Å²) in [5.41, 5.74) is 2.65. The van der Waals surface area contributed by atoms with Gasteiger partial charge in [-0.15, -0.1) is 0 Å². The normalized spacial score (nSPS) is 12.7. The third kappa shape index (κ3) is 2.06. The van der Waals surface area contributed by atoms with Crippen molar-refractivity contribution in [2.24, 2.45) is 0 Å². The van der Waals surface area contributed by atoms with E-state index in [-0.39, 0.29) is 0 Å². The summed E-state index contributed by atoms with van der Waals surface area (Å²) < 4.78 is 0. The maximum atomic E-state index is 10.0. The quantitative estimate of drug-likeness (QED) is 0.804. The smallest absolute Gasteiger partial charge is 0.107 e. The summed E-state index contributed by atoms with van der Waals surface area (Å²) in [5, 5.41) is 10.6. The van der Waals surface area contributed by atoms with Crippen LogP contribution in [0.2, 0.25) is 5.02 Å². The van der Waals surface area contributed by atoms with Gasteiger partial charge < -0.3 is 10.1 Å². The molecule has 0 fully saturated rings. The fourth-order valence-electron chi connectivity index (χ4n) is 1.54. The number of rotatable bonds is 2. The van der Waals surface area contributed by atoms with Crippen molar-refractivity contribution in [2.45, 2.75) is 13.0 Å². The summed E-state index contributed by atoms with van der Waals surface area (Å²) in [6.45, 7) is 1.97. The van der Waals surface area contributed by atoms with Crippen LogP contribution in [0.25, 0.3) is 0 Å². The highest BCUT2D eigenvalue weighted by molar-refractivity contribution is 6.31. The summed E-state index contributed by atoms with van der Waals surface area (Å²) >= 11 is 6.07. The largest absolute Gasteiger partial charge is 0.384 e. The van der Waals surface area contributed by atoms with Gasteiger partial charge in [0.25, 0.3) is 0 Å². The van der Waals surface area contributed by atoms with Crippen molar-refractivity contribution in [3.63, 3.8) is 0 Å². The molecule has 0 bridgehead atoms. The molecule has 0 aliphatic rings. The molecule has 78 valence electrons. The Morgan fingerprint density at radius 2 is 2.13 bits per heavy atom. The summed E-state index contributed by atoms with van der Waals surface area (Å²) in [6.07, 6.45) is 2.88. The molecular weight excluding hydrogens is 210 g/mol. The zero-order chi connectivity index (χ0) is 10.8.